The molecular weight excluding hydrogens is 921 g/mol. The Bertz CT molecular complexity index is 2090. The second kappa shape index (κ2) is 28.8. The van der Waals surface area contributed by atoms with Gasteiger partial charge in [-0.15, -0.1) is 0 Å². The van der Waals surface area contributed by atoms with E-state index < -0.39 is 120 Å². The minimum absolute atomic E-state index is 0.0297. The standard InChI is InChI=1S/C44H58N4O17S2/c1-5-37(49)60-27-43(28-61-38(50)6-2,29-62-39(51)7-3)25-59-26-44(30-63-40(52)8-4,31-64-41(53)19-23-47-21-17-33-9-13-35(14-10-33)66(45,55)56)32-65-42(54)20-24-48-22-18-34-11-15-36(16-12-34)67(46,57)58/h5-16,47-48H,1-4,17-32H2,(H2,45,55,56)(H2,46,57,58). The van der Waals surface area contributed by atoms with Crippen molar-refractivity contribution in [1.29, 1.82) is 0 Å². The van der Waals surface area contributed by atoms with Gasteiger partial charge in [-0.1, -0.05) is 50.6 Å². The fourth-order valence-corrected chi connectivity index (χ4v) is 6.55. The van der Waals surface area contributed by atoms with Gasteiger partial charge in [0.2, 0.25) is 20.0 Å². The van der Waals surface area contributed by atoms with Crippen LogP contribution >= 0.6 is 0 Å². The van der Waals surface area contributed by atoms with Gasteiger partial charge in [-0.2, -0.15) is 0 Å². The van der Waals surface area contributed by atoms with Gasteiger partial charge in [0.1, 0.15) is 39.6 Å². The Morgan fingerprint density at radius 1 is 0.463 bits per heavy atom. The molecule has 21 nitrogen and oxygen atoms in total. The van der Waals surface area contributed by atoms with Crippen LogP contribution in [0.1, 0.15) is 24.0 Å². The van der Waals surface area contributed by atoms with E-state index in [4.69, 9.17) is 43.4 Å². The molecular formula is C44H58N4O17S2. The van der Waals surface area contributed by atoms with E-state index in [2.05, 4.69) is 36.9 Å². The average Bonchev–Trinajstić information content (AvgIpc) is 3.31. The zero-order valence-corrected chi connectivity index (χ0v) is 38.6. The summed E-state index contributed by atoms with van der Waals surface area (Å²) < 4.78 is 84.7. The summed E-state index contributed by atoms with van der Waals surface area (Å²) in [5.41, 5.74) is -1.58. The first-order valence-electron chi connectivity index (χ1n) is 20.4. The second-order valence-corrected chi connectivity index (χ2v) is 18.1. The van der Waals surface area contributed by atoms with Crippen LogP contribution in [0, 0.1) is 10.8 Å². The Hall–Kier alpha value is -6.08. The lowest BCUT2D eigenvalue weighted by Gasteiger charge is -2.35. The van der Waals surface area contributed by atoms with Gasteiger partial charge in [0, 0.05) is 37.4 Å². The Labute approximate surface area is 389 Å². The van der Waals surface area contributed by atoms with E-state index >= 15 is 0 Å². The number of nitrogens with two attached hydrogens (primary N) is 2. The van der Waals surface area contributed by atoms with Gasteiger partial charge in [0.15, 0.2) is 0 Å². The molecule has 0 aliphatic carbocycles. The third-order valence-electron chi connectivity index (χ3n) is 9.34. The van der Waals surface area contributed by atoms with Crippen molar-refractivity contribution in [1.82, 2.24) is 10.6 Å². The molecule has 2 rings (SSSR count). The molecule has 0 aliphatic rings. The summed E-state index contributed by atoms with van der Waals surface area (Å²) in [7, 11) is -7.69. The molecule has 6 N–H and O–H groups in total. The minimum Gasteiger partial charge on any atom is -0.465 e. The maximum Gasteiger partial charge on any atom is 0.330 e. The van der Waals surface area contributed by atoms with Crippen LogP contribution in [0.5, 0.6) is 0 Å². The highest BCUT2D eigenvalue weighted by atomic mass is 32.2. The number of carbonyl (C=O) groups excluding carboxylic acids is 6. The van der Waals surface area contributed by atoms with E-state index in [1.165, 1.54) is 24.3 Å². The van der Waals surface area contributed by atoms with Crippen molar-refractivity contribution in [2.75, 3.05) is 79.0 Å². The number of nitrogens with one attached hydrogen (secondary N) is 2. The third kappa shape index (κ3) is 22.8. The Balaban J connectivity index is 2.27. The highest BCUT2D eigenvalue weighted by Crippen LogP contribution is 2.26. The summed E-state index contributed by atoms with van der Waals surface area (Å²) in [6, 6.07) is 12.0. The highest BCUT2D eigenvalue weighted by Gasteiger charge is 2.40. The van der Waals surface area contributed by atoms with Crippen molar-refractivity contribution in [2.24, 2.45) is 21.1 Å². The van der Waals surface area contributed by atoms with E-state index in [-0.39, 0.29) is 35.7 Å². The van der Waals surface area contributed by atoms with Crippen LogP contribution in [-0.2, 0) is 94.8 Å². The van der Waals surface area contributed by atoms with E-state index in [1.807, 2.05) is 0 Å². The van der Waals surface area contributed by atoms with Crippen LogP contribution in [0.25, 0.3) is 0 Å². The molecule has 23 heteroatoms. The Morgan fingerprint density at radius 2 is 0.746 bits per heavy atom. The molecule has 0 spiro atoms. The fourth-order valence-electron chi connectivity index (χ4n) is 5.52. The lowest BCUT2D eigenvalue weighted by molar-refractivity contribution is -0.171. The van der Waals surface area contributed by atoms with Crippen LogP contribution in [0.15, 0.2) is 109 Å². The number of primary sulfonamides is 2. The molecule has 67 heavy (non-hydrogen) atoms. The van der Waals surface area contributed by atoms with Gasteiger partial charge < -0.3 is 43.8 Å². The normalized spacial score (nSPS) is 11.6. The van der Waals surface area contributed by atoms with Gasteiger partial charge in [-0.3, -0.25) is 9.59 Å². The number of benzene rings is 2. The van der Waals surface area contributed by atoms with Crippen LogP contribution in [-0.4, -0.2) is 132 Å². The third-order valence-corrected chi connectivity index (χ3v) is 11.2. The first-order chi connectivity index (χ1) is 31.7. The first-order valence-corrected chi connectivity index (χ1v) is 23.5. The van der Waals surface area contributed by atoms with Crippen molar-refractivity contribution >= 4 is 55.9 Å². The van der Waals surface area contributed by atoms with Crippen LogP contribution in [0.3, 0.4) is 0 Å². The maximum atomic E-state index is 13.1. The second-order valence-electron chi connectivity index (χ2n) is 14.9. The molecule has 0 radical (unpaired) electrons. The number of ether oxygens (including phenoxy) is 7. The largest absolute Gasteiger partial charge is 0.465 e. The van der Waals surface area contributed by atoms with Gasteiger partial charge in [0.05, 0.1) is 46.7 Å². The molecule has 0 aromatic heterocycles. The van der Waals surface area contributed by atoms with Gasteiger partial charge >= 0.3 is 35.8 Å². The lowest BCUT2D eigenvalue weighted by Crippen LogP contribution is -2.47. The van der Waals surface area contributed by atoms with Crippen LogP contribution in [0.4, 0.5) is 0 Å². The molecule has 0 fully saturated rings. The summed E-state index contributed by atoms with van der Waals surface area (Å²) in [6.45, 7) is 10.3. The average molecular weight is 979 g/mol. The lowest BCUT2D eigenvalue weighted by atomic mass is 9.90. The highest BCUT2D eigenvalue weighted by molar-refractivity contribution is 7.89. The number of esters is 6. The van der Waals surface area contributed by atoms with E-state index in [1.54, 1.807) is 24.3 Å². The summed E-state index contributed by atoms with van der Waals surface area (Å²) >= 11 is 0. The monoisotopic (exact) mass is 978 g/mol. The number of sulfonamides is 2. The molecule has 0 saturated heterocycles. The predicted octanol–water partition coefficient (Wildman–Crippen LogP) is 0.719. The Kier molecular flexibility index (Phi) is 24.6. The maximum absolute atomic E-state index is 13.1. The zero-order chi connectivity index (χ0) is 49.9. The molecule has 2 aromatic carbocycles. The van der Waals surface area contributed by atoms with Gasteiger partial charge in [-0.25, -0.2) is 46.3 Å². The van der Waals surface area contributed by atoms with Crippen molar-refractivity contribution in [3.8, 4) is 0 Å². The molecule has 0 unspecified atom stereocenters. The topological polar surface area (TPSA) is 311 Å². The van der Waals surface area contributed by atoms with Gasteiger partial charge in [0.25, 0.3) is 0 Å². The predicted molar refractivity (Wildman–Crippen MR) is 240 cm³/mol. The summed E-state index contributed by atoms with van der Waals surface area (Å²) in [4.78, 5) is 75.0. The van der Waals surface area contributed by atoms with E-state index in [9.17, 15) is 45.6 Å². The summed E-state index contributed by atoms with van der Waals surface area (Å²) in [6.07, 6.45) is 4.19. The molecule has 0 atom stereocenters. The summed E-state index contributed by atoms with van der Waals surface area (Å²) in [5.74, 6) is -4.93. The van der Waals surface area contributed by atoms with Crippen molar-refractivity contribution in [2.45, 2.75) is 35.5 Å². The molecule has 0 bridgehead atoms. The smallest absolute Gasteiger partial charge is 0.330 e. The molecule has 0 heterocycles. The van der Waals surface area contributed by atoms with Crippen LogP contribution < -0.4 is 20.9 Å². The first kappa shape index (κ1) is 57.0. The fraction of sp³-hybridized carbons (Fsp3) is 0.409. The molecule has 0 aliphatic heterocycles. The quantitative estimate of drug-likeness (QED) is 0.0325. The van der Waals surface area contributed by atoms with Crippen LogP contribution in [0.2, 0.25) is 0 Å². The number of hydrogen-bond acceptors (Lipinski definition) is 19. The Morgan fingerprint density at radius 3 is 1.01 bits per heavy atom. The van der Waals surface area contributed by atoms with E-state index in [0.29, 0.717) is 25.9 Å². The zero-order valence-electron chi connectivity index (χ0n) is 37.0. The minimum atomic E-state index is -3.84. The number of hydrogen-bond donors (Lipinski definition) is 4. The molecule has 0 saturated carbocycles. The molecule has 2 aromatic rings. The number of carbonyl (C=O) groups is 6. The number of rotatable bonds is 34. The summed E-state index contributed by atoms with van der Waals surface area (Å²) in [5, 5.41) is 16.5. The van der Waals surface area contributed by atoms with E-state index in [0.717, 1.165) is 35.4 Å². The van der Waals surface area contributed by atoms with Crippen molar-refractivity contribution < 1.29 is 78.8 Å². The SMILES string of the molecule is C=CC(=O)OCC(COCC(COC(=O)C=C)(COC(=O)CCNCCc1ccc(S(N)(=O)=O)cc1)COC(=O)CCNCCc1ccc(S(N)(=O)=O)cc1)(COC(=O)C=C)COC(=O)C=C. The molecule has 0 amide bonds. The van der Waals surface area contributed by atoms with Crippen molar-refractivity contribution in [3.63, 3.8) is 0 Å². The molecule has 368 valence electrons. The van der Waals surface area contributed by atoms with Gasteiger partial charge in [-0.05, 0) is 61.3 Å². The van der Waals surface area contributed by atoms with Crippen molar-refractivity contribution in [3.05, 3.63) is 110 Å².